The second kappa shape index (κ2) is 10.4. The highest BCUT2D eigenvalue weighted by atomic mass is 16.5. The van der Waals surface area contributed by atoms with Crippen LogP contribution in [0.3, 0.4) is 0 Å². The van der Waals surface area contributed by atoms with Gasteiger partial charge in [0.2, 0.25) is 0 Å². The van der Waals surface area contributed by atoms with Gasteiger partial charge in [-0.1, -0.05) is 31.5 Å². The molecule has 1 atom stereocenters. The summed E-state index contributed by atoms with van der Waals surface area (Å²) in [5.74, 6) is -1.59. The Morgan fingerprint density at radius 1 is 1.12 bits per heavy atom. The Bertz CT molecular complexity index is 589. The summed E-state index contributed by atoms with van der Waals surface area (Å²) >= 11 is 0. The molecule has 130 valence electrons. The zero-order valence-corrected chi connectivity index (χ0v) is 14.4. The molecule has 5 nitrogen and oxygen atoms in total. The Kier molecular flexibility index (Phi) is 8.47. The van der Waals surface area contributed by atoms with Crippen molar-refractivity contribution < 1.29 is 23.9 Å². The van der Waals surface area contributed by atoms with Crippen molar-refractivity contribution >= 4 is 17.7 Å². The lowest BCUT2D eigenvalue weighted by molar-refractivity contribution is -0.139. The molecule has 0 aliphatic rings. The molecule has 0 saturated heterocycles. The summed E-state index contributed by atoms with van der Waals surface area (Å²) in [6.07, 6.45) is 2.99. The highest BCUT2D eigenvalue weighted by Gasteiger charge is 2.21. The number of unbranched alkanes of at least 4 members (excludes halogenated alkanes) is 1. The highest BCUT2D eigenvalue weighted by molar-refractivity contribution is 6.16. The quantitative estimate of drug-likeness (QED) is 0.300. The van der Waals surface area contributed by atoms with Gasteiger partial charge in [0.15, 0.2) is 5.78 Å². The Morgan fingerprint density at radius 3 is 2.33 bits per heavy atom. The third kappa shape index (κ3) is 6.36. The summed E-state index contributed by atoms with van der Waals surface area (Å²) in [7, 11) is 0. The molecule has 1 rings (SSSR count). The van der Waals surface area contributed by atoms with Crippen molar-refractivity contribution in [2.24, 2.45) is 0 Å². The van der Waals surface area contributed by atoms with Gasteiger partial charge in [-0.25, -0.2) is 9.59 Å². The number of esters is 2. The predicted molar refractivity (Wildman–Crippen MR) is 90.6 cm³/mol. The van der Waals surface area contributed by atoms with Crippen molar-refractivity contribution in [3.05, 3.63) is 47.5 Å². The lowest BCUT2D eigenvalue weighted by Gasteiger charge is -2.15. The molecule has 0 aliphatic heterocycles. The summed E-state index contributed by atoms with van der Waals surface area (Å²) < 4.78 is 10.4. The Morgan fingerprint density at radius 2 is 1.79 bits per heavy atom. The first kappa shape index (κ1) is 19.6. The van der Waals surface area contributed by atoms with Gasteiger partial charge in [0.05, 0.1) is 12.2 Å². The van der Waals surface area contributed by atoms with Gasteiger partial charge < -0.3 is 9.47 Å². The molecule has 1 aromatic rings. The van der Waals surface area contributed by atoms with Crippen LogP contribution in [0.25, 0.3) is 0 Å². The summed E-state index contributed by atoms with van der Waals surface area (Å²) in [5, 5.41) is 0. The molecule has 0 saturated carbocycles. The van der Waals surface area contributed by atoms with Crippen LogP contribution < -0.4 is 0 Å². The van der Waals surface area contributed by atoms with Crippen LogP contribution in [0, 0.1) is 0 Å². The van der Waals surface area contributed by atoms with Gasteiger partial charge in [-0.05, 0) is 44.9 Å². The minimum Gasteiger partial charge on any atom is -0.462 e. The summed E-state index contributed by atoms with van der Waals surface area (Å²) in [4.78, 5) is 35.8. The molecule has 5 heteroatoms. The van der Waals surface area contributed by atoms with Gasteiger partial charge in [0.1, 0.15) is 11.7 Å². The van der Waals surface area contributed by atoms with Crippen molar-refractivity contribution in [2.45, 2.75) is 46.1 Å². The molecular formula is C19H24O5. The van der Waals surface area contributed by atoms with Crippen molar-refractivity contribution in [3.8, 4) is 0 Å². The van der Waals surface area contributed by atoms with Crippen LogP contribution in [0.15, 0.2) is 42.0 Å². The minimum absolute atomic E-state index is 0.0844. The third-order valence-electron chi connectivity index (χ3n) is 3.34. The lowest BCUT2D eigenvalue weighted by Crippen LogP contribution is -2.21. The number of Topliss-reactive ketones (excluding diaryl/α,β-unsaturated/α-hetero) is 1. The molecular weight excluding hydrogens is 308 g/mol. The number of rotatable bonds is 9. The van der Waals surface area contributed by atoms with E-state index in [1.807, 2.05) is 6.92 Å². The first-order valence-electron chi connectivity index (χ1n) is 8.15. The van der Waals surface area contributed by atoms with Gasteiger partial charge in [0.25, 0.3) is 0 Å². The van der Waals surface area contributed by atoms with Gasteiger partial charge in [-0.15, -0.1) is 0 Å². The molecule has 0 radical (unpaired) electrons. The molecule has 0 amide bonds. The van der Waals surface area contributed by atoms with E-state index in [0.717, 1.165) is 12.8 Å². The Hall–Kier alpha value is -2.43. The van der Waals surface area contributed by atoms with Crippen LogP contribution >= 0.6 is 0 Å². The Balaban J connectivity index is 2.97. The van der Waals surface area contributed by atoms with E-state index in [0.29, 0.717) is 12.0 Å². The van der Waals surface area contributed by atoms with Crippen molar-refractivity contribution in [3.63, 3.8) is 0 Å². The van der Waals surface area contributed by atoms with E-state index >= 15 is 0 Å². The lowest BCUT2D eigenvalue weighted by atomic mass is 10.1. The molecule has 0 heterocycles. The zero-order chi connectivity index (χ0) is 17.9. The van der Waals surface area contributed by atoms with E-state index in [2.05, 4.69) is 0 Å². The zero-order valence-electron chi connectivity index (χ0n) is 14.4. The number of benzene rings is 1. The normalized spacial score (nSPS) is 12.4. The predicted octanol–water partition coefficient (Wildman–Crippen LogP) is 3.48. The van der Waals surface area contributed by atoms with Crippen LogP contribution in [-0.4, -0.2) is 30.4 Å². The number of carbonyl (C=O) groups is 3. The topological polar surface area (TPSA) is 69.7 Å². The first-order chi connectivity index (χ1) is 11.5. The summed E-state index contributed by atoms with van der Waals surface area (Å²) in [6, 6.07) is 8.60. The molecule has 1 aromatic carbocycles. The standard InChI is InChI=1S/C19H24O5/c1-4-6-12-16(13-17(14(3)20)19(22)23-5-2)24-18(21)15-10-8-7-9-11-15/h7-11,13,16H,4-6,12H2,1-3H3/b17-13+. The molecule has 0 aliphatic carbocycles. The van der Waals surface area contributed by atoms with E-state index in [1.54, 1.807) is 37.3 Å². The van der Waals surface area contributed by atoms with Crippen LogP contribution in [0.1, 0.15) is 50.4 Å². The second-order valence-corrected chi connectivity index (χ2v) is 5.31. The molecule has 0 fully saturated rings. The summed E-state index contributed by atoms with van der Waals surface area (Å²) in [6.45, 7) is 5.14. The van der Waals surface area contributed by atoms with Crippen LogP contribution in [0.2, 0.25) is 0 Å². The first-order valence-corrected chi connectivity index (χ1v) is 8.15. The van der Waals surface area contributed by atoms with Crippen LogP contribution in [0.5, 0.6) is 0 Å². The number of hydrogen-bond donors (Lipinski definition) is 0. The number of hydrogen-bond acceptors (Lipinski definition) is 5. The smallest absolute Gasteiger partial charge is 0.341 e. The van der Waals surface area contributed by atoms with Gasteiger partial charge in [-0.2, -0.15) is 0 Å². The van der Waals surface area contributed by atoms with Crippen LogP contribution in [-0.2, 0) is 19.1 Å². The minimum atomic E-state index is -0.692. The molecule has 0 N–H and O–H groups in total. The van der Waals surface area contributed by atoms with E-state index in [-0.39, 0.29) is 12.2 Å². The molecule has 24 heavy (non-hydrogen) atoms. The van der Waals surface area contributed by atoms with Gasteiger partial charge >= 0.3 is 11.9 Å². The van der Waals surface area contributed by atoms with Crippen molar-refractivity contribution in [2.75, 3.05) is 6.61 Å². The SMILES string of the molecule is CCCCC(/C=C(\C(C)=O)C(=O)OCC)OC(=O)c1ccccc1. The average molecular weight is 332 g/mol. The third-order valence-corrected chi connectivity index (χ3v) is 3.34. The number of carbonyl (C=O) groups excluding carboxylic acids is 3. The molecule has 0 bridgehead atoms. The largest absolute Gasteiger partial charge is 0.462 e. The molecule has 1 unspecified atom stereocenters. The van der Waals surface area contributed by atoms with Gasteiger partial charge in [-0.3, -0.25) is 4.79 Å². The van der Waals surface area contributed by atoms with E-state index in [1.165, 1.54) is 13.0 Å². The summed E-state index contributed by atoms with van der Waals surface area (Å²) in [5.41, 5.74) is 0.340. The molecule has 0 aromatic heterocycles. The van der Waals surface area contributed by atoms with Crippen molar-refractivity contribution in [1.82, 2.24) is 0 Å². The highest BCUT2D eigenvalue weighted by Crippen LogP contribution is 2.14. The fraction of sp³-hybridized carbons (Fsp3) is 0.421. The van der Waals surface area contributed by atoms with Crippen molar-refractivity contribution in [1.29, 1.82) is 0 Å². The van der Waals surface area contributed by atoms with Crippen LogP contribution in [0.4, 0.5) is 0 Å². The maximum absolute atomic E-state index is 12.2. The maximum atomic E-state index is 12.2. The average Bonchev–Trinajstić information content (AvgIpc) is 2.57. The van der Waals surface area contributed by atoms with E-state index in [4.69, 9.17) is 9.47 Å². The fourth-order valence-electron chi connectivity index (χ4n) is 2.09. The fourth-order valence-corrected chi connectivity index (χ4v) is 2.09. The molecule has 0 spiro atoms. The number of ketones is 1. The van der Waals surface area contributed by atoms with E-state index < -0.39 is 23.8 Å². The maximum Gasteiger partial charge on any atom is 0.341 e. The Labute approximate surface area is 142 Å². The second-order valence-electron chi connectivity index (χ2n) is 5.31. The van der Waals surface area contributed by atoms with E-state index in [9.17, 15) is 14.4 Å². The van der Waals surface area contributed by atoms with Gasteiger partial charge in [0, 0.05) is 0 Å². The number of ether oxygens (including phenoxy) is 2. The monoisotopic (exact) mass is 332 g/mol.